The number of nitrogens with one attached hydrogen (secondary N) is 2. The Balaban J connectivity index is 4.95. The molecule has 0 rings (SSSR count). The molecular weight excluding hydrogens is 282 g/mol. The average Bonchev–Trinajstić information content (AvgIpc) is 2.39. The van der Waals surface area contributed by atoms with Gasteiger partial charge in [-0.05, 0) is 31.3 Å². The second kappa shape index (κ2) is 8.68. The van der Waals surface area contributed by atoms with E-state index in [1.54, 1.807) is 13.8 Å². The third kappa shape index (κ3) is 5.28. The van der Waals surface area contributed by atoms with Crippen LogP contribution in [0, 0.1) is 0 Å². The second-order valence-corrected chi connectivity index (χ2v) is 5.41. The Labute approximate surface area is 123 Å². The van der Waals surface area contributed by atoms with E-state index in [-0.39, 0.29) is 12.8 Å². The summed E-state index contributed by atoms with van der Waals surface area (Å²) >= 11 is 1.52. The number of carbonyl (C=O) groups excluding carboxylic acids is 2. The molecule has 0 aliphatic heterocycles. The standard InChI is InChI=1S/C12H23N3O4S/c1-4-12(5-2,10(17)18)15-9(16)8(6-7-20-3)14-11(13)19/h8H,4-7H2,1-3H3,(H,15,16)(H,17,18)(H3,13,14,19). The quantitative estimate of drug-likeness (QED) is 0.495. The topological polar surface area (TPSA) is 122 Å². The van der Waals surface area contributed by atoms with Crippen molar-refractivity contribution in [3.8, 4) is 0 Å². The number of thioether (sulfide) groups is 1. The van der Waals surface area contributed by atoms with Crippen LogP contribution in [0.2, 0.25) is 0 Å². The van der Waals surface area contributed by atoms with Crippen LogP contribution in [0.5, 0.6) is 0 Å². The van der Waals surface area contributed by atoms with Gasteiger partial charge >= 0.3 is 12.0 Å². The Bertz CT molecular complexity index is 359. The predicted molar refractivity (Wildman–Crippen MR) is 78.6 cm³/mol. The van der Waals surface area contributed by atoms with Crippen LogP contribution < -0.4 is 16.4 Å². The van der Waals surface area contributed by atoms with Crippen LogP contribution in [-0.4, -0.2) is 46.6 Å². The van der Waals surface area contributed by atoms with Gasteiger partial charge in [0.25, 0.3) is 0 Å². The van der Waals surface area contributed by atoms with E-state index in [9.17, 15) is 19.5 Å². The molecule has 0 heterocycles. The summed E-state index contributed by atoms with van der Waals surface area (Å²) in [6.07, 6.45) is 2.78. The van der Waals surface area contributed by atoms with Crippen molar-refractivity contribution >= 4 is 29.7 Å². The van der Waals surface area contributed by atoms with Crippen molar-refractivity contribution in [3.05, 3.63) is 0 Å². The molecule has 116 valence electrons. The van der Waals surface area contributed by atoms with Crippen molar-refractivity contribution in [2.75, 3.05) is 12.0 Å². The van der Waals surface area contributed by atoms with Crippen LogP contribution in [0.15, 0.2) is 0 Å². The normalized spacial score (nSPS) is 12.6. The van der Waals surface area contributed by atoms with Gasteiger partial charge in [-0.3, -0.25) is 4.79 Å². The Morgan fingerprint density at radius 1 is 1.30 bits per heavy atom. The first-order chi connectivity index (χ1) is 9.32. The maximum Gasteiger partial charge on any atom is 0.329 e. The highest BCUT2D eigenvalue weighted by Gasteiger charge is 2.38. The number of primary amides is 1. The zero-order valence-electron chi connectivity index (χ0n) is 12.1. The molecule has 0 bridgehead atoms. The zero-order valence-corrected chi connectivity index (χ0v) is 12.9. The molecule has 0 aromatic carbocycles. The number of carboxylic acids is 1. The molecule has 0 spiro atoms. The Hall–Kier alpha value is -1.44. The van der Waals surface area contributed by atoms with Crippen LogP contribution in [0.3, 0.4) is 0 Å². The van der Waals surface area contributed by atoms with E-state index in [2.05, 4.69) is 10.6 Å². The summed E-state index contributed by atoms with van der Waals surface area (Å²) < 4.78 is 0. The minimum atomic E-state index is -1.31. The molecule has 0 aromatic rings. The van der Waals surface area contributed by atoms with Gasteiger partial charge in [0.2, 0.25) is 5.91 Å². The fourth-order valence-electron chi connectivity index (χ4n) is 1.78. The monoisotopic (exact) mass is 305 g/mol. The molecule has 0 aliphatic rings. The lowest BCUT2D eigenvalue weighted by Crippen LogP contribution is -2.59. The lowest BCUT2D eigenvalue weighted by atomic mass is 9.92. The first kappa shape index (κ1) is 18.6. The van der Waals surface area contributed by atoms with E-state index in [1.807, 2.05) is 6.26 Å². The molecule has 0 radical (unpaired) electrons. The first-order valence-corrected chi connectivity index (χ1v) is 7.82. The van der Waals surface area contributed by atoms with E-state index >= 15 is 0 Å². The van der Waals surface area contributed by atoms with Crippen LogP contribution in [0.1, 0.15) is 33.1 Å². The highest BCUT2D eigenvalue weighted by molar-refractivity contribution is 7.98. The van der Waals surface area contributed by atoms with Crippen LogP contribution in [0.4, 0.5) is 4.79 Å². The molecule has 0 aromatic heterocycles. The maximum atomic E-state index is 12.2. The average molecular weight is 305 g/mol. The molecule has 1 atom stereocenters. The summed E-state index contributed by atoms with van der Waals surface area (Å²) in [5, 5.41) is 14.2. The molecule has 20 heavy (non-hydrogen) atoms. The minimum Gasteiger partial charge on any atom is -0.480 e. The number of aliphatic carboxylic acids is 1. The van der Waals surface area contributed by atoms with Gasteiger partial charge in [-0.25, -0.2) is 9.59 Å². The number of carboxylic acid groups (broad SMARTS) is 1. The number of urea groups is 1. The fourth-order valence-corrected chi connectivity index (χ4v) is 2.25. The molecule has 1 unspecified atom stereocenters. The third-order valence-electron chi connectivity index (χ3n) is 3.22. The smallest absolute Gasteiger partial charge is 0.329 e. The van der Waals surface area contributed by atoms with Gasteiger partial charge in [0, 0.05) is 0 Å². The summed E-state index contributed by atoms with van der Waals surface area (Å²) in [5.41, 5.74) is 3.73. The van der Waals surface area contributed by atoms with Gasteiger partial charge in [-0.15, -0.1) is 0 Å². The van der Waals surface area contributed by atoms with Crippen molar-refractivity contribution in [1.29, 1.82) is 0 Å². The van der Waals surface area contributed by atoms with Crippen LogP contribution >= 0.6 is 11.8 Å². The Morgan fingerprint density at radius 2 is 1.85 bits per heavy atom. The molecule has 7 nitrogen and oxygen atoms in total. The van der Waals surface area contributed by atoms with Gasteiger partial charge in [0.05, 0.1) is 0 Å². The first-order valence-electron chi connectivity index (χ1n) is 6.43. The molecular formula is C12H23N3O4S. The molecule has 0 saturated carbocycles. The van der Waals surface area contributed by atoms with E-state index in [1.165, 1.54) is 11.8 Å². The van der Waals surface area contributed by atoms with E-state index < -0.39 is 29.5 Å². The summed E-state index contributed by atoms with van der Waals surface area (Å²) in [7, 11) is 0. The number of nitrogens with two attached hydrogens (primary N) is 1. The zero-order chi connectivity index (χ0) is 15.8. The second-order valence-electron chi connectivity index (χ2n) is 4.43. The number of hydrogen-bond donors (Lipinski definition) is 4. The summed E-state index contributed by atoms with van der Waals surface area (Å²) in [6.45, 7) is 3.38. The fraction of sp³-hybridized carbons (Fsp3) is 0.750. The lowest BCUT2D eigenvalue weighted by molar-refractivity contribution is -0.148. The summed E-state index contributed by atoms with van der Waals surface area (Å²) in [4.78, 5) is 34.4. The summed E-state index contributed by atoms with van der Waals surface area (Å²) in [6, 6.07) is -1.63. The van der Waals surface area contributed by atoms with E-state index in [0.717, 1.165) is 0 Å². The third-order valence-corrected chi connectivity index (χ3v) is 3.87. The van der Waals surface area contributed by atoms with Crippen molar-refractivity contribution in [2.45, 2.75) is 44.7 Å². The highest BCUT2D eigenvalue weighted by atomic mass is 32.2. The van der Waals surface area contributed by atoms with Crippen molar-refractivity contribution in [1.82, 2.24) is 10.6 Å². The largest absolute Gasteiger partial charge is 0.480 e. The van der Waals surface area contributed by atoms with Gasteiger partial charge in [0.15, 0.2) is 0 Å². The molecule has 0 aliphatic carbocycles. The molecule has 3 amide bonds. The summed E-state index contributed by atoms with van der Waals surface area (Å²) in [5.74, 6) is -0.959. The molecule has 5 N–H and O–H groups in total. The Kier molecular flexibility index (Phi) is 8.05. The molecule has 8 heteroatoms. The Morgan fingerprint density at radius 3 is 2.20 bits per heavy atom. The molecule has 0 saturated heterocycles. The van der Waals surface area contributed by atoms with Crippen LogP contribution in [-0.2, 0) is 9.59 Å². The van der Waals surface area contributed by atoms with Gasteiger partial charge in [-0.1, -0.05) is 13.8 Å². The lowest BCUT2D eigenvalue weighted by Gasteiger charge is -2.30. The highest BCUT2D eigenvalue weighted by Crippen LogP contribution is 2.16. The number of rotatable bonds is 9. The van der Waals surface area contributed by atoms with Crippen molar-refractivity contribution in [2.24, 2.45) is 5.73 Å². The van der Waals surface area contributed by atoms with Crippen molar-refractivity contribution < 1.29 is 19.5 Å². The maximum absolute atomic E-state index is 12.2. The minimum absolute atomic E-state index is 0.260. The van der Waals surface area contributed by atoms with Crippen LogP contribution in [0.25, 0.3) is 0 Å². The predicted octanol–water partition coefficient (Wildman–Crippen LogP) is 0.536. The molecule has 0 fully saturated rings. The number of amides is 3. The van der Waals surface area contributed by atoms with Gasteiger partial charge < -0.3 is 21.5 Å². The number of hydrogen-bond acceptors (Lipinski definition) is 4. The van der Waals surface area contributed by atoms with Gasteiger partial charge in [0.1, 0.15) is 11.6 Å². The van der Waals surface area contributed by atoms with E-state index in [4.69, 9.17) is 5.73 Å². The van der Waals surface area contributed by atoms with Crippen molar-refractivity contribution in [3.63, 3.8) is 0 Å². The SMILES string of the molecule is CCC(CC)(NC(=O)C(CCSC)NC(N)=O)C(=O)O. The van der Waals surface area contributed by atoms with Gasteiger partial charge in [-0.2, -0.15) is 11.8 Å². The van der Waals surface area contributed by atoms with E-state index in [0.29, 0.717) is 12.2 Å². The number of carbonyl (C=O) groups is 3.